The fourth-order valence-corrected chi connectivity index (χ4v) is 1.72. The molecule has 106 valence electrons. The Morgan fingerprint density at radius 3 is 2.53 bits per heavy atom. The fraction of sp³-hybridized carbons (Fsp3) is 0.600. The maximum atomic E-state index is 12.5. The van der Waals surface area contributed by atoms with Crippen molar-refractivity contribution < 1.29 is 13.2 Å². The van der Waals surface area contributed by atoms with Crippen LogP contribution in [0.5, 0.6) is 0 Å². The van der Waals surface area contributed by atoms with Crippen LogP contribution in [-0.2, 0) is 6.18 Å². The van der Waals surface area contributed by atoms with E-state index in [0.29, 0.717) is 19.2 Å². The highest BCUT2D eigenvalue weighted by Gasteiger charge is 2.33. The quantitative estimate of drug-likeness (QED) is 0.817. The van der Waals surface area contributed by atoms with Gasteiger partial charge in [-0.25, -0.2) is 9.99 Å². The molecule has 2 heterocycles. The molecule has 0 aromatic carbocycles. The van der Waals surface area contributed by atoms with Gasteiger partial charge in [0.2, 0.25) is 5.95 Å². The molecule has 2 rings (SSSR count). The average Bonchev–Trinajstić information content (AvgIpc) is 2.30. The summed E-state index contributed by atoms with van der Waals surface area (Å²) in [5, 5.41) is 1.72. The first-order chi connectivity index (χ1) is 8.84. The highest BCUT2D eigenvalue weighted by atomic mass is 19.4. The number of likely N-dealkylation sites (N-methyl/N-ethyl adjacent to an activating group) is 1. The predicted molar refractivity (Wildman–Crippen MR) is 62.6 cm³/mol. The molecule has 0 amide bonds. The van der Waals surface area contributed by atoms with Gasteiger partial charge in [0.15, 0.2) is 5.69 Å². The number of rotatable bonds is 2. The topological polar surface area (TPSA) is 64.3 Å². The smallest absolute Gasteiger partial charge is 0.304 e. The molecule has 1 aromatic rings. The summed E-state index contributed by atoms with van der Waals surface area (Å²) < 4.78 is 37.5. The minimum atomic E-state index is -4.63. The number of aromatic nitrogens is 2. The lowest BCUT2D eigenvalue weighted by molar-refractivity contribution is -0.141. The van der Waals surface area contributed by atoms with Gasteiger partial charge >= 0.3 is 6.18 Å². The molecule has 0 unspecified atom stereocenters. The summed E-state index contributed by atoms with van der Waals surface area (Å²) >= 11 is 0. The summed E-state index contributed by atoms with van der Waals surface area (Å²) in [4.78, 5) is 18.9. The van der Waals surface area contributed by atoms with Crippen molar-refractivity contribution in [2.24, 2.45) is 0 Å². The van der Waals surface area contributed by atoms with Gasteiger partial charge in [0.25, 0.3) is 5.56 Å². The van der Waals surface area contributed by atoms with E-state index >= 15 is 0 Å². The maximum Gasteiger partial charge on any atom is 0.433 e. The molecular weight excluding hydrogens is 263 g/mol. The monoisotopic (exact) mass is 277 g/mol. The van der Waals surface area contributed by atoms with Crippen molar-refractivity contribution in [2.75, 3.05) is 38.7 Å². The van der Waals surface area contributed by atoms with E-state index in [1.54, 1.807) is 5.01 Å². The number of hydrogen-bond donors (Lipinski definition) is 2. The first-order valence-electron chi connectivity index (χ1n) is 5.73. The molecule has 6 nitrogen and oxygen atoms in total. The fourth-order valence-electron chi connectivity index (χ4n) is 1.72. The van der Waals surface area contributed by atoms with Crippen LogP contribution in [0.25, 0.3) is 0 Å². The summed E-state index contributed by atoms with van der Waals surface area (Å²) in [6.07, 6.45) is -4.63. The number of piperazine rings is 1. The molecule has 0 atom stereocenters. The molecule has 1 fully saturated rings. The lowest BCUT2D eigenvalue weighted by Crippen LogP contribution is -2.47. The Morgan fingerprint density at radius 2 is 1.95 bits per heavy atom. The molecule has 1 aromatic heterocycles. The van der Waals surface area contributed by atoms with E-state index in [2.05, 4.69) is 20.3 Å². The number of H-pyrrole nitrogens is 1. The van der Waals surface area contributed by atoms with E-state index in [-0.39, 0.29) is 5.95 Å². The van der Waals surface area contributed by atoms with Gasteiger partial charge in [-0.2, -0.15) is 13.2 Å². The van der Waals surface area contributed by atoms with Gasteiger partial charge in [0.1, 0.15) is 0 Å². The first-order valence-corrected chi connectivity index (χ1v) is 5.73. The van der Waals surface area contributed by atoms with Crippen LogP contribution < -0.4 is 11.0 Å². The van der Waals surface area contributed by atoms with E-state index in [4.69, 9.17) is 0 Å². The van der Waals surface area contributed by atoms with E-state index in [1.807, 2.05) is 7.05 Å². The van der Waals surface area contributed by atoms with Crippen LogP contribution in [0.1, 0.15) is 5.69 Å². The Bertz CT molecular complexity index is 493. The van der Waals surface area contributed by atoms with E-state index in [1.165, 1.54) is 0 Å². The van der Waals surface area contributed by atoms with Crippen LogP contribution >= 0.6 is 0 Å². The standard InChI is InChI=1S/C10H14F3N5O/c1-17-2-4-18(5-3-17)16-9-14-7(10(11,12)13)6-8(19)15-9/h6H,2-5H2,1H3,(H2,14,15,16,19). The molecule has 9 heteroatoms. The molecule has 1 saturated heterocycles. The molecule has 0 spiro atoms. The number of alkyl halides is 3. The van der Waals surface area contributed by atoms with Crippen molar-refractivity contribution >= 4 is 5.95 Å². The molecule has 0 radical (unpaired) electrons. The van der Waals surface area contributed by atoms with Crippen molar-refractivity contribution in [1.82, 2.24) is 19.9 Å². The van der Waals surface area contributed by atoms with Gasteiger partial charge in [0, 0.05) is 32.2 Å². The first kappa shape index (κ1) is 13.8. The van der Waals surface area contributed by atoms with Gasteiger partial charge in [-0.15, -0.1) is 0 Å². The summed E-state index contributed by atoms with van der Waals surface area (Å²) in [7, 11) is 1.96. The Morgan fingerprint density at radius 1 is 1.32 bits per heavy atom. The van der Waals surface area contributed by atoms with Crippen LogP contribution in [0.3, 0.4) is 0 Å². The third-order valence-electron chi connectivity index (χ3n) is 2.80. The van der Waals surface area contributed by atoms with Gasteiger partial charge < -0.3 is 4.90 Å². The zero-order chi connectivity index (χ0) is 14.0. The van der Waals surface area contributed by atoms with Crippen LogP contribution in [0, 0.1) is 0 Å². The Kier molecular flexibility index (Phi) is 3.76. The maximum absolute atomic E-state index is 12.5. The van der Waals surface area contributed by atoms with Crippen LogP contribution in [0.15, 0.2) is 10.9 Å². The van der Waals surface area contributed by atoms with E-state index in [0.717, 1.165) is 13.1 Å². The number of nitrogens with zero attached hydrogens (tertiary/aromatic N) is 3. The lowest BCUT2D eigenvalue weighted by Gasteiger charge is -2.32. The molecule has 19 heavy (non-hydrogen) atoms. The van der Waals surface area contributed by atoms with Crippen molar-refractivity contribution in [3.63, 3.8) is 0 Å². The van der Waals surface area contributed by atoms with Crippen LogP contribution in [-0.4, -0.2) is 53.1 Å². The van der Waals surface area contributed by atoms with E-state index < -0.39 is 17.4 Å². The number of halogens is 3. The van der Waals surface area contributed by atoms with Gasteiger partial charge in [0.05, 0.1) is 0 Å². The Hall–Kier alpha value is -1.61. The SMILES string of the molecule is CN1CCN(Nc2nc(C(F)(F)F)cc(=O)[nH]2)CC1. The number of aromatic amines is 1. The van der Waals surface area contributed by atoms with Crippen LogP contribution in [0.4, 0.5) is 19.1 Å². The summed E-state index contributed by atoms with van der Waals surface area (Å²) in [5.41, 5.74) is 0.659. The van der Waals surface area contributed by atoms with Crippen molar-refractivity contribution in [3.05, 3.63) is 22.1 Å². The summed E-state index contributed by atoms with van der Waals surface area (Å²) in [5.74, 6) is -0.190. The number of anilines is 1. The summed E-state index contributed by atoms with van der Waals surface area (Å²) in [6, 6.07) is 0.440. The molecule has 0 aliphatic carbocycles. The zero-order valence-corrected chi connectivity index (χ0v) is 10.3. The predicted octanol–water partition coefficient (Wildman–Crippen LogP) is 0.363. The van der Waals surface area contributed by atoms with Gasteiger partial charge in [-0.1, -0.05) is 0 Å². The molecule has 2 N–H and O–H groups in total. The molecule has 0 bridgehead atoms. The normalized spacial score (nSPS) is 18.5. The number of hydrazine groups is 1. The van der Waals surface area contributed by atoms with Crippen LogP contribution in [0.2, 0.25) is 0 Å². The van der Waals surface area contributed by atoms with Crippen molar-refractivity contribution in [2.45, 2.75) is 6.18 Å². The second-order valence-corrected chi connectivity index (χ2v) is 4.38. The summed E-state index contributed by atoms with van der Waals surface area (Å²) in [6.45, 7) is 2.85. The highest BCUT2D eigenvalue weighted by Crippen LogP contribution is 2.26. The Balaban J connectivity index is 2.12. The zero-order valence-electron chi connectivity index (χ0n) is 10.3. The largest absolute Gasteiger partial charge is 0.433 e. The third kappa shape index (κ3) is 3.67. The van der Waals surface area contributed by atoms with Gasteiger partial charge in [-0.3, -0.25) is 15.2 Å². The number of nitrogens with one attached hydrogen (secondary N) is 2. The molecule has 0 saturated carbocycles. The Labute approximate surface area is 107 Å². The molecular formula is C10H14F3N5O. The second kappa shape index (κ2) is 5.17. The second-order valence-electron chi connectivity index (χ2n) is 4.38. The minimum absolute atomic E-state index is 0.190. The molecule has 1 aliphatic heterocycles. The minimum Gasteiger partial charge on any atom is -0.304 e. The highest BCUT2D eigenvalue weighted by molar-refractivity contribution is 5.24. The van der Waals surface area contributed by atoms with E-state index in [9.17, 15) is 18.0 Å². The third-order valence-corrected chi connectivity index (χ3v) is 2.80. The number of hydrogen-bond acceptors (Lipinski definition) is 5. The average molecular weight is 277 g/mol. The van der Waals surface area contributed by atoms with Crippen molar-refractivity contribution in [3.8, 4) is 0 Å². The van der Waals surface area contributed by atoms with Gasteiger partial charge in [-0.05, 0) is 7.05 Å². The lowest BCUT2D eigenvalue weighted by atomic mass is 10.4. The molecule has 1 aliphatic rings. The van der Waals surface area contributed by atoms with Crippen molar-refractivity contribution in [1.29, 1.82) is 0 Å².